The van der Waals surface area contributed by atoms with Gasteiger partial charge in [-0.25, -0.2) is 0 Å². The van der Waals surface area contributed by atoms with Gasteiger partial charge in [-0.15, -0.1) is 0 Å². The van der Waals surface area contributed by atoms with Gasteiger partial charge in [-0.1, -0.05) is 24.3 Å². The molecule has 42 heavy (non-hydrogen) atoms. The lowest BCUT2D eigenvalue weighted by Crippen LogP contribution is -2.26. The van der Waals surface area contributed by atoms with Crippen molar-refractivity contribution in [3.05, 3.63) is 106 Å². The fourth-order valence-electron chi connectivity index (χ4n) is 4.35. The molecule has 1 atom stereocenters. The third kappa shape index (κ3) is 8.80. The zero-order valence-corrected chi connectivity index (χ0v) is 22.3. The third-order valence-corrected chi connectivity index (χ3v) is 6.51. The van der Waals surface area contributed by atoms with Gasteiger partial charge >= 0.3 is 12.4 Å². The first-order valence-electron chi connectivity index (χ1n) is 13.1. The molecule has 2 N–H and O–H groups in total. The summed E-state index contributed by atoms with van der Waals surface area (Å²) < 4.78 is 89.6. The van der Waals surface area contributed by atoms with Gasteiger partial charge < -0.3 is 20.1 Å². The minimum absolute atomic E-state index is 0.00726. The molecule has 0 aromatic heterocycles. The Bertz CT molecular complexity index is 1310. The molecule has 1 saturated heterocycles. The molecule has 0 bridgehead atoms. The number of amides is 2. The largest absolute Gasteiger partial charge is 0.416 e. The topological polar surface area (TPSA) is 76.7 Å². The maximum atomic E-state index is 13.1. The summed E-state index contributed by atoms with van der Waals surface area (Å²) in [6.45, 7) is 0.159. The second-order valence-corrected chi connectivity index (χ2v) is 9.79. The first kappa shape index (κ1) is 31.0. The Morgan fingerprint density at radius 3 is 1.71 bits per heavy atom. The molecule has 3 aromatic carbocycles. The summed E-state index contributed by atoms with van der Waals surface area (Å²) in [5, 5.41) is 5.12. The van der Waals surface area contributed by atoms with E-state index in [4.69, 9.17) is 9.47 Å². The zero-order valence-electron chi connectivity index (χ0n) is 22.3. The van der Waals surface area contributed by atoms with E-state index in [-0.39, 0.29) is 42.0 Å². The highest BCUT2D eigenvalue weighted by Gasteiger charge is 2.31. The summed E-state index contributed by atoms with van der Waals surface area (Å²) in [6, 6.07) is 13.4. The van der Waals surface area contributed by atoms with Crippen LogP contribution in [0.5, 0.6) is 0 Å². The second kappa shape index (κ2) is 13.4. The minimum Gasteiger partial charge on any atom is -0.353 e. The van der Waals surface area contributed by atoms with Crippen LogP contribution >= 0.6 is 0 Å². The van der Waals surface area contributed by atoms with Crippen molar-refractivity contribution in [2.45, 2.75) is 57.6 Å². The molecular formula is C30H28F6N2O4. The van der Waals surface area contributed by atoms with E-state index in [0.717, 1.165) is 37.1 Å². The first-order valence-corrected chi connectivity index (χ1v) is 13.1. The van der Waals surface area contributed by atoms with Crippen molar-refractivity contribution in [1.82, 2.24) is 10.6 Å². The van der Waals surface area contributed by atoms with Crippen molar-refractivity contribution < 1.29 is 45.4 Å². The molecule has 2 amide bonds. The van der Waals surface area contributed by atoms with E-state index in [9.17, 15) is 35.9 Å². The van der Waals surface area contributed by atoms with Crippen LogP contribution in [0.25, 0.3) is 0 Å². The average Bonchev–Trinajstić information content (AvgIpc) is 2.97. The molecule has 1 aliphatic rings. The summed E-state index contributed by atoms with van der Waals surface area (Å²) in [4.78, 5) is 26.0. The van der Waals surface area contributed by atoms with Gasteiger partial charge in [0.05, 0.1) is 17.7 Å². The molecule has 1 heterocycles. The van der Waals surface area contributed by atoms with Gasteiger partial charge in [-0.2, -0.15) is 26.3 Å². The van der Waals surface area contributed by atoms with E-state index in [1.807, 2.05) is 0 Å². The monoisotopic (exact) mass is 594 g/mol. The average molecular weight is 595 g/mol. The molecular weight excluding hydrogens is 566 g/mol. The third-order valence-electron chi connectivity index (χ3n) is 6.51. The molecule has 6 nitrogen and oxygen atoms in total. The van der Waals surface area contributed by atoms with E-state index in [0.29, 0.717) is 18.6 Å². The molecule has 1 fully saturated rings. The van der Waals surface area contributed by atoms with Crippen molar-refractivity contribution in [3.8, 4) is 0 Å². The summed E-state index contributed by atoms with van der Waals surface area (Å²) in [5.41, 5.74) is -0.678. The standard InChI is InChI=1S/C30H28F6N2O4/c31-29(32,33)24-7-3-5-19(13-24)16-37-27(39)22-11-21(18-42-26-9-1-2-10-41-26)12-23(15-22)28(40)38-17-20-6-4-8-25(14-20)30(34,35)36/h3-8,11-15,26H,1-2,9-10,16-18H2,(H,37,39)(H,38,40). The zero-order chi connectivity index (χ0) is 30.3. The summed E-state index contributed by atoms with van der Waals surface area (Å²) in [5.74, 6) is -1.29. The minimum atomic E-state index is -4.53. The number of halogens is 6. The molecule has 1 aliphatic heterocycles. The highest BCUT2D eigenvalue weighted by atomic mass is 19.4. The SMILES string of the molecule is O=C(NCc1cccc(C(F)(F)F)c1)c1cc(COC2CCCCO2)cc(C(=O)NCc2cccc(C(F)(F)F)c2)c1. The second-order valence-electron chi connectivity index (χ2n) is 9.79. The van der Waals surface area contributed by atoms with E-state index in [1.165, 1.54) is 42.5 Å². The van der Waals surface area contributed by atoms with Crippen LogP contribution in [-0.2, 0) is 41.5 Å². The number of hydrogen-bond donors (Lipinski definition) is 2. The highest BCUT2D eigenvalue weighted by Crippen LogP contribution is 2.30. The van der Waals surface area contributed by atoms with Crippen molar-refractivity contribution in [2.24, 2.45) is 0 Å². The molecule has 0 spiro atoms. The smallest absolute Gasteiger partial charge is 0.353 e. The van der Waals surface area contributed by atoms with Crippen LogP contribution in [0, 0.1) is 0 Å². The predicted molar refractivity (Wildman–Crippen MR) is 140 cm³/mol. The quantitative estimate of drug-likeness (QED) is 0.273. The number of nitrogens with one attached hydrogen (secondary N) is 2. The molecule has 224 valence electrons. The van der Waals surface area contributed by atoms with Crippen LogP contribution in [0.3, 0.4) is 0 Å². The predicted octanol–water partition coefficient (Wildman–Crippen LogP) is 6.63. The van der Waals surface area contributed by atoms with Crippen LogP contribution in [0.15, 0.2) is 66.7 Å². The molecule has 0 aliphatic carbocycles. The highest BCUT2D eigenvalue weighted by molar-refractivity contribution is 6.00. The maximum Gasteiger partial charge on any atom is 0.416 e. The molecule has 12 heteroatoms. The van der Waals surface area contributed by atoms with Crippen LogP contribution in [0.2, 0.25) is 0 Å². The molecule has 3 aromatic rings. The lowest BCUT2D eigenvalue weighted by molar-refractivity contribution is -0.168. The van der Waals surface area contributed by atoms with Crippen LogP contribution in [0.1, 0.15) is 67.8 Å². The number of benzene rings is 3. The van der Waals surface area contributed by atoms with E-state index in [2.05, 4.69) is 10.6 Å². The lowest BCUT2D eigenvalue weighted by atomic mass is 10.0. The van der Waals surface area contributed by atoms with Gasteiger partial charge in [0, 0.05) is 30.8 Å². The molecule has 0 radical (unpaired) electrons. The van der Waals surface area contributed by atoms with E-state index >= 15 is 0 Å². The number of rotatable bonds is 9. The summed E-state index contributed by atoms with van der Waals surface area (Å²) in [7, 11) is 0. The van der Waals surface area contributed by atoms with Gasteiger partial charge in [-0.05, 0) is 78.4 Å². The number of ether oxygens (including phenoxy) is 2. The Kier molecular flexibility index (Phi) is 9.89. The summed E-state index contributed by atoms with van der Waals surface area (Å²) >= 11 is 0. The fourth-order valence-corrected chi connectivity index (χ4v) is 4.35. The van der Waals surface area contributed by atoms with Gasteiger partial charge in [0.2, 0.25) is 0 Å². The summed E-state index contributed by atoms with van der Waals surface area (Å²) in [6.07, 6.45) is -7.00. The first-order chi connectivity index (χ1) is 19.9. The molecule has 1 unspecified atom stereocenters. The Hall–Kier alpha value is -3.90. The van der Waals surface area contributed by atoms with Crippen LogP contribution < -0.4 is 10.6 Å². The van der Waals surface area contributed by atoms with Crippen LogP contribution in [0.4, 0.5) is 26.3 Å². The Morgan fingerprint density at radius 1 is 0.738 bits per heavy atom. The van der Waals surface area contributed by atoms with Gasteiger partial charge in [0.25, 0.3) is 11.8 Å². The number of carbonyl (C=O) groups is 2. The number of hydrogen-bond acceptors (Lipinski definition) is 4. The van der Waals surface area contributed by atoms with Crippen molar-refractivity contribution in [1.29, 1.82) is 0 Å². The van der Waals surface area contributed by atoms with E-state index in [1.54, 1.807) is 0 Å². The number of alkyl halides is 6. The number of carbonyl (C=O) groups excluding carboxylic acids is 2. The van der Waals surface area contributed by atoms with Gasteiger partial charge in [0.1, 0.15) is 0 Å². The van der Waals surface area contributed by atoms with Crippen molar-refractivity contribution in [2.75, 3.05) is 6.61 Å². The van der Waals surface area contributed by atoms with E-state index < -0.39 is 41.6 Å². The fraction of sp³-hybridized carbons (Fsp3) is 0.333. The Morgan fingerprint density at radius 2 is 1.26 bits per heavy atom. The van der Waals surface area contributed by atoms with Crippen molar-refractivity contribution >= 4 is 11.8 Å². The maximum absolute atomic E-state index is 13.1. The Labute approximate surface area is 238 Å². The molecule has 0 saturated carbocycles. The van der Waals surface area contributed by atoms with Gasteiger partial charge in [0.15, 0.2) is 6.29 Å². The molecule has 4 rings (SSSR count). The lowest BCUT2D eigenvalue weighted by Gasteiger charge is -2.23. The van der Waals surface area contributed by atoms with Crippen molar-refractivity contribution in [3.63, 3.8) is 0 Å². The Balaban J connectivity index is 1.50. The van der Waals surface area contributed by atoms with Gasteiger partial charge in [-0.3, -0.25) is 9.59 Å². The normalized spacial score (nSPS) is 15.7. The van der Waals surface area contributed by atoms with Crippen LogP contribution in [-0.4, -0.2) is 24.7 Å².